The summed E-state index contributed by atoms with van der Waals surface area (Å²) in [5.41, 5.74) is 9.24. The smallest absolute Gasteiger partial charge is 0.0370 e. The third kappa shape index (κ3) is 5.83. The lowest BCUT2D eigenvalue weighted by atomic mass is 10.1. The van der Waals surface area contributed by atoms with Gasteiger partial charge in [-0.3, -0.25) is 0 Å². The molecule has 1 aromatic rings. The fourth-order valence-corrected chi connectivity index (χ4v) is 2.41. The van der Waals surface area contributed by atoms with Crippen molar-refractivity contribution in [2.45, 2.75) is 46.5 Å². The van der Waals surface area contributed by atoms with E-state index in [-0.39, 0.29) is 0 Å². The molecule has 0 aromatic heterocycles. The van der Waals surface area contributed by atoms with Crippen LogP contribution in [0.5, 0.6) is 0 Å². The maximum absolute atomic E-state index is 5.89. The fraction of sp³-hybridized carbons (Fsp3) is 0.647. The van der Waals surface area contributed by atoms with Gasteiger partial charge in [0.1, 0.15) is 0 Å². The van der Waals surface area contributed by atoms with E-state index in [0.29, 0.717) is 0 Å². The van der Waals surface area contributed by atoms with Crippen LogP contribution in [0.2, 0.25) is 0 Å². The van der Waals surface area contributed by atoms with Crippen LogP contribution in [-0.2, 0) is 0 Å². The van der Waals surface area contributed by atoms with E-state index in [2.05, 4.69) is 43.1 Å². The number of nitrogens with one attached hydrogen (secondary N) is 1. The Morgan fingerprint density at radius 1 is 1.10 bits per heavy atom. The lowest BCUT2D eigenvalue weighted by molar-refractivity contribution is 0.593. The van der Waals surface area contributed by atoms with Gasteiger partial charge < -0.3 is 16.0 Å². The number of hydrogen-bond donors (Lipinski definition) is 2. The molecule has 0 unspecified atom stereocenters. The summed E-state index contributed by atoms with van der Waals surface area (Å²) < 4.78 is 0. The van der Waals surface area contributed by atoms with Gasteiger partial charge in [0.2, 0.25) is 0 Å². The number of unbranched alkanes of at least 4 members (excludes halogenated alkanes) is 3. The first-order chi connectivity index (χ1) is 9.69. The first kappa shape index (κ1) is 16.8. The molecular formula is C17H31N3. The third-order valence-electron chi connectivity index (χ3n) is 3.78. The number of nitrogen functional groups attached to an aromatic ring is 1. The second-order valence-corrected chi connectivity index (χ2v) is 5.39. The van der Waals surface area contributed by atoms with E-state index in [9.17, 15) is 0 Å². The molecule has 0 bridgehead atoms. The molecule has 0 radical (unpaired) electrons. The average Bonchev–Trinajstić information content (AvgIpc) is 2.45. The lowest BCUT2D eigenvalue weighted by Crippen LogP contribution is -2.24. The molecule has 0 amide bonds. The highest BCUT2D eigenvalue weighted by Gasteiger charge is 2.05. The Bertz CT molecular complexity index is 376. The molecule has 0 atom stereocenters. The Hall–Kier alpha value is -1.22. The number of nitrogens with two attached hydrogens (primary N) is 1. The zero-order valence-electron chi connectivity index (χ0n) is 13.4. The highest BCUT2D eigenvalue weighted by Crippen LogP contribution is 2.21. The summed E-state index contributed by atoms with van der Waals surface area (Å²) in [6.45, 7) is 10.9. The molecule has 3 N–H and O–H groups in total. The second-order valence-electron chi connectivity index (χ2n) is 5.39. The molecule has 0 saturated heterocycles. The van der Waals surface area contributed by atoms with Crippen LogP contribution in [0, 0.1) is 6.92 Å². The van der Waals surface area contributed by atoms with Gasteiger partial charge in [-0.1, -0.05) is 19.8 Å². The Balaban J connectivity index is 2.30. The highest BCUT2D eigenvalue weighted by atomic mass is 15.1. The number of hydrogen-bond acceptors (Lipinski definition) is 3. The van der Waals surface area contributed by atoms with Crippen molar-refractivity contribution >= 4 is 11.4 Å². The first-order valence-electron chi connectivity index (χ1n) is 8.00. The molecule has 1 rings (SSSR count). The molecule has 0 aliphatic carbocycles. The van der Waals surface area contributed by atoms with E-state index in [4.69, 9.17) is 5.73 Å². The standard InChI is InChI=1S/C17H31N3/c1-4-19-12-8-6-7-9-13-20(5-2)16-10-11-17(18)15(3)14-16/h10-11,14,19H,4-9,12-13,18H2,1-3H3. The average molecular weight is 277 g/mol. The summed E-state index contributed by atoms with van der Waals surface area (Å²) >= 11 is 0. The van der Waals surface area contributed by atoms with Crippen molar-refractivity contribution in [3.8, 4) is 0 Å². The predicted octanol–water partition coefficient (Wildman–Crippen LogP) is 3.57. The van der Waals surface area contributed by atoms with Crippen LogP contribution < -0.4 is 16.0 Å². The number of nitrogens with zero attached hydrogens (tertiary/aromatic N) is 1. The zero-order valence-corrected chi connectivity index (χ0v) is 13.4. The van der Waals surface area contributed by atoms with E-state index < -0.39 is 0 Å². The molecule has 20 heavy (non-hydrogen) atoms. The van der Waals surface area contributed by atoms with Crippen LogP contribution in [0.4, 0.5) is 11.4 Å². The van der Waals surface area contributed by atoms with Crippen LogP contribution in [0.25, 0.3) is 0 Å². The molecule has 1 aromatic carbocycles. The molecule has 0 aliphatic rings. The van der Waals surface area contributed by atoms with E-state index in [1.165, 1.54) is 36.9 Å². The largest absolute Gasteiger partial charge is 0.399 e. The number of anilines is 2. The van der Waals surface area contributed by atoms with Crippen molar-refractivity contribution in [3.05, 3.63) is 23.8 Å². The molecule has 3 heteroatoms. The van der Waals surface area contributed by atoms with Crippen LogP contribution in [-0.4, -0.2) is 26.2 Å². The van der Waals surface area contributed by atoms with Crippen molar-refractivity contribution < 1.29 is 0 Å². The minimum Gasteiger partial charge on any atom is -0.399 e. The van der Waals surface area contributed by atoms with E-state index in [1.54, 1.807) is 0 Å². The molecule has 0 fully saturated rings. The Morgan fingerprint density at radius 2 is 1.85 bits per heavy atom. The fourth-order valence-electron chi connectivity index (χ4n) is 2.41. The maximum Gasteiger partial charge on any atom is 0.0370 e. The Labute approximate surface area is 124 Å². The van der Waals surface area contributed by atoms with Crippen LogP contribution in [0.3, 0.4) is 0 Å². The van der Waals surface area contributed by atoms with Crippen molar-refractivity contribution in [1.82, 2.24) is 5.32 Å². The molecule has 3 nitrogen and oxygen atoms in total. The summed E-state index contributed by atoms with van der Waals surface area (Å²) in [7, 11) is 0. The van der Waals surface area contributed by atoms with Gasteiger partial charge in [0.05, 0.1) is 0 Å². The zero-order chi connectivity index (χ0) is 14.8. The summed E-state index contributed by atoms with van der Waals surface area (Å²) in [6.07, 6.45) is 5.20. The van der Waals surface area contributed by atoms with Gasteiger partial charge in [-0.2, -0.15) is 0 Å². The molecule has 0 heterocycles. The normalized spacial score (nSPS) is 10.8. The molecule has 0 aliphatic heterocycles. The van der Waals surface area contributed by atoms with Gasteiger partial charge in [-0.05, 0) is 63.5 Å². The summed E-state index contributed by atoms with van der Waals surface area (Å²) in [5, 5.41) is 3.37. The van der Waals surface area contributed by atoms with E-state index in [0.717, 1.165) is 31.9 Å². The lowest BCUT2D eigenvalue weighted by Gasteiger charge is -2.24. The minimum atomic E-state index is 0.883. The highest BCUT2D eigenvalue weighted by molar-refractivity contribution is 5.57. The Kier molecular flexibility index (Phi) is 8.12. The number of rotatable bonds is 10. The third-order valence-corrected chi connectivity index (χ3v) is 3.78. The van der Waals surface area contributed by atoms with Gasteiger partial charge in [-0.25, -0.2) is 0 Å². The van der Waals surface area contributed by atoms with Crippen molar-refractivity contribution in [1.29, 1.82) is 0 Å². The maximum atomic E-state index is 5.89. The van der Waals surface area contributed by atoms with E-state index in [1.807, 2.05) is 6.07 Å². The Morgan fingerprint density at radius 3 is 2.50 bits per heavy atom. The van der Waals surface area contributed by atoms with Gasteiger partial charge >= 0.3 is 0 Å². The minimum absolute atomic E-state index is 0.883. The predicted molar refractivity (Wildman–Crippen MR) is 90.5 cm³/mol. The first-order valence-corrected chi connectivity index (χ1v) is 8.00. The summed E-state index contributed by atoms with van der Waals surface area (Å²) in [4.78, 5) is 2.44. The van der Waals surface area contributed by atoms with Gasteiger partial charge in [-0.15, -0.1) is 0 Å². The molecular weight excluding hydrogens is 246 g/mol. The van der Waals surface area contributed by atoms with Gasteiger partial charge in [0.25, 0.3) is 0 Å². The second kappa shape index (κ2) is 9.65. The van der Waals surface area contributed by atoms with Crippen molar-refractivity contribution in [2.24, 2.45) is 0 Å². The SMILES string of the molecule is CCNCCCCCCN(CC)c1ccc(N)c(C)c1. The quantitative estimate of drug-likeness (QED) is 0.507. The van der Waals surface area contributed by atoms with Crippen LogP contribution in [0.15, 0.2) is 18.2 Å². The number of aryl methyl sites for hydroxylation is 1. The van der Waals surface area contributed by atoms with Crippen LogP contribution in [0.1, 0.15) is 45.1 Å². The molecule has 0 spiro atoms. The topological polar surface area (TPSA) is 41.3 Å². The monoisotopic (exact) mass is 277 g/mol. The summed E-state index contributed by atoms with van der Waals surface area (Å²) in [5.74, 6) is 0. The van der Waals surface area contributed by atoms with Crippen LogP contribution >= 0.6 is 0 Å². The molecule has 114 valence electrons. The van der Waals surface area contributed by atoms with Crippen molar-refractivity contribution in [2.75, 3.05) is 36.8 Å². The molecule has 0 saturated carbocycles. The summed E-state index contributed by atoms with van der Waals surface area (Å²) in [6, 6.07) is 6.35. The van der Waals surface area contributed by atoms with Gasteiger partial charge in [0.15, 0.2) is 0 Å². The number of benzene rings is 1. The van der Waals surface area contributed by atoms with E-state index >= 15 is 0 Å². The van der Waals surface area contributed by atoms with Gasteiger partial charge in [0, 0.05) is 24.5 Å². The van der Waals surface area contributed by atoms with Crippen molar-refractivity contribution in [3.63, 3.8) is 0 Å².